The minimum absolute atomic E-state index is 0.0357. The molecular weight excluding hydrogens is 743 g/mol. The molecule has 57 heavy (non-hydrogen) atoms. The van der Waals surface area contributed by atoms with E-state index in [4.69, 9.17) is 19.3 Å². The highest BCUT2D eigenvalue weighted by Crippen LogP contribution is 2.48. The molecule has 0 radical (unpaired) electrons. The van der Waals surface area contributed by atoms with Crippen molar-refractivity contribution < 1.29 is 32.2 Å². The average molecular weight is 798 g/mol. The van der Waals surface area contributed by atoms with Gasteiger partial charge in [0, 0.05) is 48.3 Å². The van der Waals surface area contributed by atoms with Crippen molar-refractivity contribution in [3.8, 4) is 17.0 Å². The van der Waals surface area contributed by atoms with E-state index < -0.39 is 15.9 Å². The predicted molar refractivity (Wildman–Crippen MR) is 221 cm³/mol. The largest absolute Gasteiger partial charge is 0.497 e. The highest BCUT2D eigenvalue weighted by Gasteiger charge is 2.35. The molecule has 4 aromatic rings. The van der Waals surface area contributed by atoms with Crippen LogP contribution in [-0.4, -0.2) is 90.9 Å². The molecule has 12 nitrogen and oxygen atoms in total. The van der Waals surface area contributed by atoms with Crippen LogP contribution in [0.1, 0.15) is 122 Å². The van der Waals surface area contributed by atoms with Crippen LogP contribution in [0.15, 0.2) is 42.6 Å². The molecule has 1 aliphatic carbocycles. The number of sulfonamides is 1. The third kappa shape index (κ3) is 7.90. The fourth-order valence-corrected chi connectivity index (χ4v) is 10.9. The van der Waals surface area contributed by atoms with Crippen molar-refractivity contribution >= 4 is 44.4 Å². The van der Waals surface area contributed by atoms with E-state index in [1.165, 1.54) is 12.0 Å². The first-order valence-electron chi connectivity index (χ1n) is 20.6. The number of hydrogen-bond donors (Lipinski definition) is 1. The second-order valence-electron chi connectivity index (χ2n) is 16.8. The molecule has 8 rings (SSSR count). The van der Waals surface area contributed by atoms with Gasteiger partial charge in [0.25, 0.3) is 11.8 Å². The summed E-state index contributed by atoms with van der Waals surface area (Å²) in [6, 6.07) is 11.8. The summed E-state index contributed by atoms with van der Waals surface area (Å²) in [6.07, 6.45) is 10.9. The highest BCUT2D eigenvalue weighted by molar-refractivity contribution is 7.90. The van der Waals surface area contributed by atoms with Gasteiger partial charge in [-0.25, -0.2) is 13.1 Å². The zero-order chi connectivity index (χ0) is 40.0. The Kier molecular flexibility index (Phi) is 11.1. The maximum Gasteiger partial charge on any atom is 0.264 e. The molecule has 1 saturated carbocycles. The van der Waals surface area contributed by atoms with Crippen LogP contribution in [-0.2, 0) is 26.0 Å². The number of fused-ring (bicyclic) bond motifs is 5. The van der Waals surface area contributed by atoms with Gasteiger partial charge in [0.15, 0.2) is 0 Å². The molecule has 4 aliphatic rings. The molecule has 1 N–H and O–H groups in total. The molecule has 3 fully saturated rings. The van der Waals surface area contributed by atoms with Crippen LogP contribution in [0.25, 0.3) is 33.8 Å². The minimum Gasteiger partial charge on any atom is -0.497 e. The molecule has 0 spiro atoms. The van der Waals surface area contributed by atoms with E-state index in [1.807, 2.05) is 55.5 Å². The van der Waals surface area contributed by atoms with Gasteiger partial charge in [-0.3, -0.25) is 14.3 Å². The summed E-state index contributed by atoms with van der Waals surface area (Å²) in [6.45, 7) is 10.2. The number of ether oxygens (including phenoxy) is 3. The maximum atomic E-state index is 14.7. The lowest BCUT2D eigenvalue weighted by atomic mass is 9.81. The monoisotopic (exact) mass is 797 g/mol. The molecule has 2 saturated heterocycles. The lowest BCUT2D eigenvalue weighted by molar-refractivity contribution is -0.0586. The molecule has 13 heteroatoms. The molecule has 2 amide bonds. The fraction of sp³-hybridized carbons (Fsp3) is 0.523. The number of rotatable bonds is 9. The minimum atomic E-state index is -3.84. The first kappa shape index (κ1) is 39.4. The summed E-state index contributed by atoms with van der Waals surface area (Å²) in [7, 11) is -2.17. The van der Waals surface area contributed by atoms with E-state index in [0.29, 0.717) is 44.3 Å². The Morgan fingerprint density at radius 3 is 2.40 bits per heavy atom. The summed E-state index contributed by atoms with van der Waals surface area (Å²) in [5.74, 6) is 0.00833. The predicted octanol–water partition coefficient (Wildman–Crippen LogP) is 7.43. The molecule has 0 unspecified atom stereocenters. The lowest BCUT2D eigenvalue weighted by Gasteiger charge is -2.35. The number of benzene rings is 2. The maximum absolute atomic E-state index is 14.7. The first-order chi connectivity index (χ1) is 27.4. The smallest absolute Gasteiger partial charge is 0.264 e. The molecule has 5 heterocycles. The van der Waals surface area contributed by atoms with Crippen molar-refractivity contribution in [1.82, 2.24) is 24.0 Å². The standard InChI is InChI=1S/C44H55N5O7S/c1-27(2)26-57(52,53)46-43(50)31-11-13-37-39(21-31)48-25-33(19-32-20-35(54-5)12-14-36(32)42(48)40(37)30-9-7-6-8-10-30)41-38(22-45-49(41)34-15-17-55-18-16-34)44(51)47-23-28(3)56-29(4)24-47/h11-14,19-22,27-30,34H,6-10,15-18,23-26H2,1-5H3,(H,46,50)/t28-,29+. The van der Waals surface area contributed by atoms with Gasteiger partial charge in [0.05, 0.1) is 60.8 Å². The van der Waals surface area contributed by atoms with Crippen molar-refractivity contribution in [2.75, 3.05) is 39.2 Å². The molecular formula is C44H55N5O7S. The van der Waals surface area contributed by atoms with Gasteiger partial charge < -0.3 is 23.7 Å². The van der Waals surface area contributed by atoms with Crippen molar-refractivity contribution in [2.24, 2.45) is 5.92 Å². The van der Waals surface area contributed by atoms with Crippen LogP contribution in [0, 0.1) is 5.92 Å². The average Bonchev–Trinajstić information content (AvgIpc) is 3.71. The fourth-order valence-electron chi connectivity index (χ4n) is 9.57. The number of nitrogens with one attached hydrogen (secondary N) is 1. The number of carbonyl (C=O) groups is 2. The van der Waals surface area contributed by atoms with E-state index in [0.717, 1.165) is 83.3 Å². The van der Waals surface area contributed by atoms with Crippen molar-refractivity contribution in [1.29, 1.82) is 0 Å². The van der Waals surface area contributed by atoms with Gasteiger partial charge in [-0.05, 0) is 104 Å². The second-order valence-corrected chi connectivity index (χ2v) is 18.6. The Bertz CT molecular complexity index is 2300. The Morgan fingerprint density at radius 1 is 0.965 bits per heavy atom. The van der Waals surface area contributed by atoms with Crippen LogP contribution in [0.2, 0.25) is 0 Å². The van der Waals surface area contributed by atoms with E-state index in [9.17, 15) is 18.0 Å². The number of hydrogen-bond acceptors (Lipinski definition) is 8. The van der Waals surface area contributed by atoms with E-state index in [-0.39, 0.29) is 41.4 Å². The van der Waals surface area contributed by atoms with Crippen LogP contribution >= 0.6 is 0 Å². The molecule has 2 aromatic carbocycles. The van der Waals surface area contributed by atoms with Crippen LogP contribution in [0.4, 0.5) is 0 Å². The van der Waals surface area contributed by atoms with Crippen molar-refractivity contribution in [2.45, 2.75) is 103 Å². The number of nitrogens with zero attached hydrogens (tertiary/aromatic N) is 4. The molecule has 0 bridgehead atoms. The number of allylic oxidation sites excluding steroid dienone is 1. The topological polar surface area (TPSA) is 134 Å². The van der Waals surface area contributed by atoms with E-state index >= 15 is 0 Å². The van der Waals surface area contributed by atoms with Gasteiger partial charge in [0.2, 0.25) is 10.0 Å². The van der Waals surface area contributed by atoms with Gasteiger partial charge in [-0.15, -0.1) is 0 Å². The number of aromatic nitrogens is 3. The third-order valence-electron chi connectivity index (χ3n) is 11.9. The van der Waals surface area contributed by atoms with Gasteiger partial charge in [0.1, 0.15) is 5.75 Å². The van der Waals surface area contributed by atoms with Gasteiger partial charge in [-0.2, -0.15) is 5.10 Å². The van der Waals surface area contributed by atoms with E-state index in [1.54, 1.807) is 19.4 Å². The lowest BCUT2D eigenvalue weighted by Crippen LogP contribution is -2.48. The van der Waals surface area contributed by atoms with Crippen LogP contribution in [0.3, 0.4) is 0 Å². The van der Waals surface area contributed by atoms with Gasteiger partial charge in [-0.1, -0.05) is 39.2 Å². The van der Waals surface area contributed by atoms with E-state index in [2.05, 4.69) is 27.5 Å². The molecule has 3 aliphatic heterocycles. The summed E-state index contributed by atoms with van der Waals surface area (Å²) < 4.78 is 50.1. The zero-order valence-corrected chi connectivity index (χ0v) is 34.6. The first-order valence-corrected chi connectivity index (χ1v) is 22.3. The highest BCUT2D eigenvalue weighted by atomic mass is 32.2. The van der Waals surface area contributed by atoms with Crippen LogP contribution in [0.5, 0.6) is 5.75 Å². The van der Waals surface area contributed by atoms with Gasteiger partial charge >= 0.3 is 0 Å². The van der Waals surface area contributed by atoms with Crippen molar-refractivity contribution in [3.63, 3.8) is 0 Å². The molecule has 2 aromatic heterocycles. The second kappa shape index (κ2) is 16.1. The Hall–Kier alpha value is -4.46. The SMILES string of the molecule is COc1ccc2c(c1)C=C(c1c(C(=O)N3C[C@@H](C)O[C@@H](C)C3)cnn1C1CCOCC1)Cn1c-2c(C2CCCCC2)c2ccc(C(=O)NS(=O)(=O)CC(C)C)cc21. The summed E-state index contributed by atoms with van der Waals surface area (Å²) in [5, 5.41) is 6.02. The summed E-state index contributed by atoms with van der Waals surface area (Å²) >= 11 is 0. The zero-order valence-electron chi connectivity index (χ0n) is 33.8. The third-order valence-corrected chi connectivity index (χ3v) is 13.5. The molecule has 304 valence electrons. The Morgan fingerprint density at radius 2 is 1.70 bits per heavy atom. The quantitative estimate of drug-likeness (QED) is 0.185. The Balaban J connectivity index is 1.34. The summed E-state index contributed by atoms with van der Waals surface area (Å²) in [4.78, 5) is 30.3. The number of amides is 2. The molecule has 2 atom stereocenters. The van der Waals surface area contributed by atoms with Crippen LogP contribution < -0.4 is 9.46 Å². The van der Waals surface area contributed by atoms with Crippen molar-refractivity contribution in [3.05, 3.63) is 70.5 Å². The number of methoxy groups -OCH3 is 1. The normalized spacial score (nSPS) is 20.9. The number of morpholine rings is 1. The summed E-state index contributed by atoms with van der Waals surface area (Å²) in [5.41, 5.74) is 7.66. The Labute approximate surface area is 335 Å². The number of carbonyl (C=O) groups excluding carboxylic acids is 2.